The molecule has 8 heteroatoms. The maximum atomic E-state index is 12.8. The number of aromatic nitrogens is 2. The molecule has 26 heavy (non-hydrogen) atoms. The van der Waals surface area contributed by atoms with Gasteiger partial charge in [0.15, 0.2) is 0 Å². The van der Waals surface area contributed by atoms with E-state index in [-0.39, 0.29) is 29.4 Å². The first kappa shape index (κ1) is 20.9. The van der Waals surface area contributed by atoms with E-state index in [1.807, 2.05) is 13.8 Å². The van der Waals surface area contributed by atoms with Gasteiger partial charge in [0.2, 0.25) is 11.7 Å². The van der Waals surface area contributed by atoms with Crippen molar-refractivity contribution in [3.8, 4) is 0 Å². The molecule has 3 N–H and O–H groups in total. The van der Waals surface area contributed by atoms with E-state index in [2.05, 4.69) is 15.5 Å². The number of ketones is 1. The summed E-state index contributed by atoms with van der Waals surface area (Å²) in [6, 6.07) is -0.626. The Morgan fingerprint density at radius 3 is 2.54 bits per heavy atom. The summed E-state index contributed by atoms with van der Waals surface area (Å²) in [5.74, 6) is 0.516. The number of Topliss-reactive ketones (excluding diaryl/α,β-unsaturated/α-hetero) is 1. The van der Waals surface area contributed by atoms with Crippen LogP contribution < -0.4 is 11.1 Å². The van der Waals surface area contributed by atoms with Crippen LogP contribution in [0.3, 0.4) is 0 Å². The van der Waals surface area contributed by atoms with Gasteiger partial charge in [-0.2, -0.15) is 0 Å². The van der Waals surface area contributed by atoms with E-state index < -0.39 is 6.04 Å². The number of carbonyl (C=O) groups excluding carboxylic acids is 2. The largest absolute Gasteiger partial charge is 0.408 e. The quantitative estimate of drug-likeness (QED) is 0.384. The summed E-state index contributed by atoms with van der Waals surface area (Å²) in [5, 5.41) is 11.0. The van der Waals surface area contributed by atoms with Gasteiger partial charge in [0.25, 0.3) is 11.1 Å². The number of rotatable bonds is 9. The van der Waals surface area contributed by atoms with Gasteiger partial charge in [-0.3, -0.25) is 9.59 Å². The second-order valence-electron chi connectivity index (χ2n) is 7.25. The van der Waals surface area contributed by atoms with Crippen molar-refractivity contribution >= 4 is 23.5 Å². The number of nitrogens with zero attached hydrogens (tertiary/aromatic N) is 2. The van der Waals surface area contributed by atoms with Crippen molar-refractivity contribution in [3.63, 3.8) is 0 Å². The van der Waals surface area contributed by atoms with Gasteiger partial charge >= 0.3 is 0 Å². The molecule has 2 rings (SSSR count). The molecule has 1 aliphatic carbocycles. The van der Waals surface area contributed by atoms with Crippen molar-refractivity contribution in [2.24, 2.45) is 17.6 Å². The molecule has 7 nitrogen and oxygen atoms in total. The molecule has 1 atom stereocenters. The summed E-state index contributed by atoms with van der Waals surface area (Å²) in [6.45, 7) is 4.53. The first-order chi connectivity index (χ1) is 12.5. The lowest BCUT2D eigenvalue weighted by Crippen LogP contribution is -2.44. The average molecular weight is 383 g/mol. The van der Waals surface area contributed by atoms with Crippen LogP contribution in [0.1, 0.15) is 69.5 Å². The van der Waals surface area contributed by atoms with E-state index in [4.69, 9.17) is 10.2 Å². The first-order valence-electron chi connectivity index (χ1n) is 9.52. The molecule has 1 aromatic heterocycles. The number of amides is 1. The third-order valence-corrected chi connectivity index (χ3v) is 5.38. The molecule has 0 spiro atoms. The molecular weight excluding hydrogens is 352 g/mol. The topological polar surface area (TPSA) is 111 Å². The summed E-state index contributed by atoms with van der Waals surface area (Å²) >= 11 is 1.32. The summed E-state index contributed by atoms with van der Waals surface area (Å²) in [6.07, 6.45) is 6.86. The Kier molecular flexibility index (Phi) is 8.58. The molecule has 1 saturated carbocycles. The van der Waals surface area contributed by atoms with Crippen molar-refractivity contribution in [3.05, 3.63) is 5.89 Å². The lowest BCUT2D eigenvalue weighted by atomic mass is 9.96. The van der Waals surface area contributed by atoms with Crippen molar-refractivity contribution in [2.45, 2.75) is 70.1 Å². The van der Waals surface area contributed by atoms with Crippen LogP contribution >= 0.6 is 11.8 Å². The number of thioether (sulfide) groups is 1. The molecule has 1 aliphatic rings. The van der Waals surface area contributed by atoms with Crippen molar-refractivity contribution in [2.75, 3.05) is 12.3 Å². The molecule has 0 bridgehead atoms. The minimum Gasteiger partial charge on any atom is -0.408 e. The Morgan fingerprint density at radius 1 is 1.23 bits per heavy atom. The fourth-order valence-electron chi connectivity index (χ4n) is 3.20. The van der Waals surface area contributed by atoms with Crippen LogP contribution in [0.4, 0.5) is 0 Å². The molecule has 146 valence electrons. The third-order valence-electron chi connectivity index (χ3n) is 4.53. The first-order valence-corrected chi connectivity index (χ1v) is 10.5. The second kappa shape index (κ2) is 10.7. The van der Waals surface area contributed by atoms with E-state index in [0.717, 1.165) is 25.7 Å². The monoisotopic (exact) mass is 382 g/mol. The predicted octanol–water partition coefficient (Wildman–Crippen LogP) is 2.80. The molecule has 0 aliphatic heterocycles. The molecule has 0 unspecified atom stereocenters. The highest BCUT2D eigenvalue weighted by Crippen LogP contribution is 2.24. The molecular formula is C18H30N4O3S. The minimum absolute atomic E-state index is 0.00156. The Morgan fingerprint density at radius 2 is 1.92 bits per heavy atom. The standard InChI is InChI=1S/C18H30N4O3S/c1-12(2)11-14(20-16(24)13-7-5-3-4-6-8-13)15(23)17-21-22-18(25-17)26-10-9-19/h12-14H,3-11,19H2,1-2H3,(H,20,24)/t14-/m0/s1. The van der Waals surface area contributed by atoms with Crippen LogP contribution in [0, 0.1) is 11.8 Å². The average Bonchev–Trinajstić information content (AvgIpc) is 2.90. The summed E-state index contributed by atoms with van der Waals surface area (Å²) in [5.41, 5.74) is 5.46. The zero-order chi connectivity index (χ0) is 18.9. The fraction of sp³-hybridized carbons (Fsp3) is 0.778. The van der Waals surface area contributed by atoms with E-state index in [1.165, 1.54) is 24.6 Å². The van der Waals surface area contributed by atoms with Crippen LogP contribution in [0.2, 0.25) is 0 Å². The Bertz CT molecular complexity index is 583. The second-order valence-corrected chi connectivity index (χ2v) is 8.30. The zero-order valence-corrected chi connectivity index (χ0v) is 16.5. The summed E-state index contributed by atoms with van der Waals surface area (Å²) in [7, 11) is 0. The summed E-state index contributed by atoms with van der Waals surface area (Å²) in [4.78, 5) is 25.5. The van der Waals surface area contributed by atoms with Crippen LogP contribution in [0.25, 0.3) is 0 Å². The van der Waals surface area contributed by atoms with Crippen LogP contribution in [0.15, 0.2) is 9.64 Å². The zero-order valence-electron chi connectivity index (χ0n) is 15.7. The maximum absolute atomic E-state index is 12.8. The fourth-order valence-corrected chi connectivity index (χ4v) is 3.73. The van der Waals surface area contributed by atoms with E-state index in [0.29, 0.717) is 23.9 Å². The molecule has 0 saturated heterocycles. The van der Waals surface area contributed by atoms with Gasteiger partial charge in [-0.05, 0) is 25.2 Å². The van der Waals surface area contributed by atoms with Crippen LogP contribution in [-0.4, -0.2) is 40.2 Å². The van der Waals surface area contributed by atoms with Gasteiger partial charge in [-0.1, -0.05) is 51.3 Å². The van der Waals surface area contributed by atoms with Crippen LogP contribution in [0.5, 0.6) is 0 Å². The van der Waals surface area contributed by atoms with Gasteiger partial charge in [0.05, 0.1) is 6.04 Å². The van der Waals surface area contributed by atoms with Gasteiger partial charge in [0, 0.05) is 18.2 Å². The lowest BCUT2D eigenvalue weighted by Gasteiger charge is -2.21. The number of hydrogen-bond donors (Lipinski definition) is 2. The Labute approximate surface area is 159 Å². The minimum atomic E-state index is -0.626. The van der Waals surface area contributed by atoms with Crippen molar-refractivity contribution < 1.29 is 14.0 Å². The highest BCUT2D eigenvalue weighted by molar-refractivity contribution is 7.99. The Hall–Kier alpha value is -1.41. The van der Waals surface area contributed by atoms with E-state index >= 15 is 0 Å². The molecule has 1 aromatic rings. The van der Waals surface area contributed by atoms with Crippen molar-refractivity contribution in [1.29, 1.82) is 0 Å². The van der Waals surface area contributed by atoms with Crippen molar-refractivity contribution in [1.82, 2.24) is 15.5 Å². The lowest BCUT2D eigenvalue weighted by molar-refractivity contribution is -0.126. The van der Waals surface area contributed by atoms with Gasteiger partial charge in [0.1, 0.15) is 0 Å². The molecule has 1 amide bonds. The molecule has 1 fully saturated rings. The molecule has 0 aromatic carbocycles. The highest BCUT2D eigenvalue weighted by Gasteiger charge is 2.30. The van der Waals surface area contributed by atoms with Gasteiger partial charge < -0.3 is 15.5 Å². The normalized spacial score (nSPS) is 17.1. The Balaban J connectivity index is 2.03. The summed E-state index contributed by atoms with van der Waals surface area (Å²) < 4.78 is 5.44. The van der Waals surface area contributed by atoms with E-state index in [9.17, 15) is 9.59 Å². The van der Waals surface area contributed by atoms with Gasteiger partial charge in [-0.25, -0.2) is 0 Å². The number of hydrogen-bond acceptors (Lipinski definition) is 7. The smallest absolute Gasteiger partial charge is 0.286 e. The number of carbonyl (C=O) groups is 2. The predicted molar refractivity (Wildman–Crippen MR) is 101 cm³/mol. The third kappa shape index (κ3) is 6.39. The molecule has 0 radical (unpaired) electrons. The van der Waals surface area contributed by atoms with Gasteiger partial charge in [-0.15, -0.1) is 10.2 Å². The maximum Gasteiger partial charge on any atom is 0.286 e. The van der Waals surface area contributed by atoms with Crippen LogP contribution in [-0.2, 0) is 4.79 Å². The highest BCUT2D eigenvalue weighted by atomic mass is 32.2. The SMILES string of the molecule is CC(C)C[C@H](NC(=O)C1CCCCCC1)C(=O)c1nnc(SCCN)o1. The number of nitrogens with two attached hydrogens (primary N) is 1. The number of nitrogens with one attached hydrogen (secondary N) is 1. The molecule has 1 heterocycles. The van der Waals surface area contributed by atoms with E-state index in [1.54, 1.807) is 0 Å².